The molecule has 0 radical (unpaired) electrons. The van der Waals surface area contributed by atoms with Crippen molar-refractivity contribution in [3.8, 4) is 0 Å². The highest BCUT2D eigenvalue weighted by Gasteiger charge is 2.22. The highest BCUT2D eigenvalue weighted by atomic mass is 32.1. The minimum Gasteiger partial charge on any atom is -0.342 e. The second-order valence-electron chi connectivity index (χ2n) is 4.72. The van der Waals surface area contributed by atoms with Crippen LogP contribution in [-0.4, -0.2) is 29.1 Å². The summed E-state index contributed by atoms with van der Waals surface area (Å²) in [5.41, 5.74) is 0. The van der Waals surface area contributed by atoms with Gasteiger partial charge in [-0.3, -0.25) is 4.79 Å². The lowest BCUT2D eigenvalue weighted by Crippen LogP contribution is -2.40. The SMILES string of the molecule is CCCCN(CCCC)C(=O)C(S)C(C)C. The summed E-state index contributed by atoms with van der Waals surface area (Å²) in [4.78, 5) is 14.1. The third-order valence-electron chi connectivity index (χ3n) is 2.76. The molecular formula is C13H27NOS. The standard InChI is InChI=1S/C13H27NOS/c1-5-7-9-14(10-8-6-2)13(15)12(16)11(3)4/h11-12,16H,5-10H2,1-4H3. The third kappa shape index (κ3) is 5.78. The van der Waals surface area contributed by atoms with Crippen molar-refractivity contribution in [3.05, 3.63) is 0 Å². The normalized spacial score (nSPS) is 12.9. The van der Waals surface area contributed by atoms with Crippen LogP contribution >= 0.6 is 12.6 Å². The zero-order chi connectivity index (χ0) is 12.6. The molecule has 1 atom stereocenters. The first-order chi connectivity index (χ1) is 7.54. The van der Waals surface area contributed by atoms with Gasteiger partial charge in [0, 0.05) is 13.1 Å². The second-order valence-corrected chi connectivity index (χ2v) is 5.28. The quantitative estimate of drug-likeness (QED) is 0.650. The molecule has 0 aliphatic rings. The van der Waals surface area contributed by atoms with Gasteiger partial charge in [0.25, 0.3) is 0 Å². The number of carbonyl (C=O) groups excluding carboxylic acids is 1. The van der Waals surface area contributed by atoms with E-state index >= 15 is 0 Å². The van der Waals surface area contributed by atoms with E-state index in [0.29, 0.717) is 5.92 Å². The van der Waals surface area contributed by atoms with E-state index in [1.165, 1.54) is 0 Å². The summed E-state index contributed by atoms with van der Waals surface area (Å²) in [6.07, 6.45) is 4.45. The number of hydrogen-bond acceptors (Lipinski definition) is 2. The molecule has 0 saturated heterocycles. The minimum atomic E-state index is -0.145. The first-order valence-corrected chi connectivity index (χ1v) is 7.03. The van der Waals surface area contributed by atoms with E-state index in [9.17, 15) is 4.79 Å². The van der Waals surface area contributed by atoms with Gasteiger partial charge in [-0.25, -0.2) is 0 Å². The molecule has 1 unspecified atom stereocenters. The summed E-state index contributed by atoms with van der Waals surface area (Å²) in [5, 5.41) is -0.145. The second kappa shape index (κ2) is 8.91. The van der Waals surface area contributed by atoms with E-state index in [2.05, 4.69) is 26.5 Å². The Balaban J connectivity index is 4.29. The molecule has 0 bridgehead atoms. The zero-order valence-electron chi connectivity index (χ0n) is 11.2. The molecule has 0 aliphatic heterocycles. The van der Waals surface area contributed by atoms with Crippen molar-refractivity contribution < 1.29 is 4.79 Å². The van der Waals surface area contributed by atoms with Crippen molar-refractivity contribution in [1.82, 2.24) is 4.90 Å². The predicted molar refractivity (Wildman–Crippen MR) is 74.0 cm³/mol. The smallest absolute Gasteiger partial charge is 0.235 e. The number of nitrogens with zero attached hydrogens (tertiary/aromatic N) is 1. The Kier molecular flexibility index (Phi) is 8.81. The van der Waals surface area contributed by atoms with Gasteiger partial charge < -0.3 is 4.90 Å². The van der Waals surface area contributed by atoms with Gasteiger partial charge in [0.15, 0.2) is 0 Å². The van der Waals surface area contributed by atoms with Crippen molar-refractivity contribution in [1.29, 1.82) is 0 Å². The van der Waals surface area contributed by atoms with E-state index in [-0.39, 0.29) is 11.2 Å². The van der Waals surface area contributed by atoms with E-state index in [4.69, 9.17) is 0 Å². The molecule has 0 aliphatic carbocycles. The molecule has 0 heterocycles. The monoisotopic (exact) mass is 245 g/mol. The molecule has 16 heavy (non-hydrogen) atoms. The lowest BCUT2D eigenvalue weighted by atomic mass is 10.1. The van der Waals surface area contributed by atoms with Crippen LogP contribution in [0.3, 0.4) is 0 Å². The van der Waals surface area contributed by atoms with Crippen molar-refractivity contribution in [2.45, 2.75) is 58.6 Å². The average Bonchev–Trinajstić information content (AvgIpc) is 2.27. The molecule has 96 valence electrons. The number of hydrogen-bond donors (Lipinski definition) is 1. The van der Waals surface area contributed by atoms with Crippen LogP contribution < -0.4 is 0 Å². The Morgan fingerprint density at radius 2 is 1.56 bits per heavy atom. The molecule has 0 fully saturated rings. The maximum absolute atomic E-state index is 12.1. The molecule has 3 heteroatoms. The van der Waals surface area contributed by atoms with E-state index in [1.807, 2.05) is 18.7 Å². The van der Waals surface area contributed by atoms with Gasteiger partial charge in [-0.15, -0.1) is 0 Å². The molecule has 0 aromatic carbocycles. The molecule has 0 aromatic rings. The zero-order valence-corrected chi connectivity index (χ0v) is 12.1. The summed E-state index contributed by atoms with van der Waals surface area (Å²) >= 11 is 4.41. The lowest BCUT2D eigenvalue weighted by molar-refractivity contribution is -0.131. The number of thiol groups is 1. The van der Waals surface area contributed by atoms with Crippen LogP contribution in [0.25, 0.3) is 0 Å². The van der Waals surface area contributed by atoms with Gasteiger partial charge in [0.1, 0.15) is 0 Å². The van der Waals surface area contributed by atoms with Crippen LogP contribution in [0.5, 0.6) is 0 Å². The largest absolute Gasteiger partial charge is 0.342 e. The maximum Gasteiger partial charge on any atom is 0.235 e. The summed E-state index contributed by atoms with van der Waals surface area (Å²) < 4.78 is 0. The number of carbonyl (C=O) groups is 1. The predicted octanol–water partition coefficient (Wildman–Crippen LogP) is 3.37. The summed E-state index contributed by atoms with van der Waals surface area (Å²) in [6, 6.07) is 0. The molecule has 0 saturated carbocycles. The van der Waals surface area contributed by atoms with Gasteiger partial charge in [-0.05, 0) is 18.8 Å². The Hall–Kier alpha value is -0.180. The van der Waals surface area contributed by atoms with Crippen LogP contribution in [0, 0.1) is 5.92 Å². The molecular weight excluding hydrogens is 218 g/mol. The Morgan fingerprint density at radius 1 is 1.12 bits per heavy atom. The number of unbranched alkanes of at least 4 members (excludes halogenated alkanes) is 2. The van der Waals surface area contributed by atoms with E-state index < -0.39 is 0 Å². The summed E-state index contributed by atoms with van der Waals surface area (Å²) in [6.45, 7) is 10.2. The van der Waals surface area contributed by atoms with Crippen LogP contribution in [0.4, 0.5) is 0 Å². The average molecular weight is 245 g/mol. The van der Waals surface area contributed by atoms with Crippen LogP contribution in [0.1, 0.15) is 53.4 Å². The number of amides is 1. The van der Waals surface area contributed by atoms with Crippen molar-refractivity contribution in [2.75, 3.05) is 13.1 Å². The Labute approximate surface area is 106 Å². The molecule has 0 N–H and O–H groups in total. The molecule has 0 spiro atoms. The van der Waals surface area contributed by atoms with Gasteiger partial charge >= 0.3 is 0 Å². The van der Waals surface area contributed by atoms with Crippen LogP contribution in [0.2, 0.25) is 0 Å². The van der Waals surface area contributed by atoms with Gasteiger partial charge in [-0.1, -0.05) is 40.5 Å². The minimum absolute atomic E-state index is 0.145. The Morgan fingerprint density at radius 3 is 1.88 bits per heavy atom. The fraction of sp³-hybridized carbons (Fsp3) is 0.923. The van der Waals surface area contributed by atoms with E-state index in [0.717, 1.165) is 38.8 Å². The molecule has 1 amide bonds. The highest BCUT2D eigenvalue weighted by Crippen LogP contribution is 2.13. The highest BCUT2D eigenvalue weighted by molar-refractivity contribution is 7.81. The fourth-order valence-corrected chi connectivity index (χ4v) is 1.67. The number of rotatable bonds is 8. The van der Waals surface area contributed by atoms with Crippen LogP contribution in [-0.2, 0) is 4.79 Å². The first kappa shape index (κ1) is 15.8. The summed E-state index contributed by atoms with van der Waals surface area (Å²) in [5.74, 6) is 0.516. The van der Waals surface area contributed by atoms with Gasteiger partial charge in [0.2, 0.25) is 5.91 Å². The van der Waals surface area contributed by atoms with Crippen molar-refractivity contribution in [2.24, 2.45) is 5.92 Å². The molecule has 0 rings (SSSR count). The Bertz CT molecular complexity index is 186. The third-order valence-corrected chi connectivity index (χ3v) is 3.58. The van der Waals surface area contributed by atoms with Crippen LogP contribution in [0.15, 0.2) is 0 Å². The van der Waals surface area contributed by atoms with E-state index in [1.54, 1.807) is 0 Å². The molecule has 0 aromatic heterocycles. The fourth-order valence-electron chi connectivity index (χ4n) is 1.50. The van der Waals surface area contributed by atoms with Crippen molar-refractivity contribution in [3.63, 3.8) is 0 Å². The topological polar surface area (TPSA) is 20.3 Å². The molecule has 2 nitrogen and oxygen atoms in total. The maximum atomic E-state index is 12.1. The lowest BCUT2D eigenvalue weighted by Gasteiger charge is -2.26. The summed E-state index contributed by atoms with van der Waals surface area (Å²) in [7, 11) is 0. The van der Waals surface area contributed by atoms with Gasteiger partial charge in [0.05, 0.1) is 5.25 Å². The van der Waals surface area contributed by atoms with Crippen molar-refractivity contribution >= 4 is 18.5 Å². The first-order valence-electron chi connectivity index (χ1n) is 6.51. The van der Waals surface area contributed by atoms with Gasteiger partial charge in [-0.2, -0.15) is 12.6 Å².